The molecule has 3 heterocycles. The molecule has 1 aromatic heterocycles. The zero-order valence-corrected chi connectivity index (χ0v) is 18.5. The lowest BCUT2D eigenvalue weighted by Crippen LogP contribution is -2.39. The van der Waals surface area contributed by atoms with Crippen LogP contribution in [-0.2, 0) is 24.2 Å². The van der Waals surface area contributed by atoms with Crippen LogP contribution in [0.5, 0.6) is 11.5 Å². The van der Waals surface area contributed by atoms with E-state index in [0.29, 0.717) is 5.92 Å². The number of benzene rings is 1. The van der Waals surface area contributed by atoms with E-state index >= 15 is 0 Å². The number of ether oxygens (including phenoxy) is 3. The van der Waals surface area contributed by atoms with Crippen molar-refractivity contribution in [2.24, 2.45) is 0 Å². The van der Waals surface area contributed by atoms with Gasteiger partial charge in [-0.15, -0.1) is 0 Å². The second-order valence-electron chi connectivity index (χ2n) is 8.19. The summed E-state index contributed by atoms with van der Waals surface area (Å²) in [5.74, 6) is 4.05. The van der Waals surface area contributed by atoms with Crippen LogP contribution in [0.25, 0.3) is 0 Å². The first-order valence-electron chi connectivity index (χ1n) is 10.7. The van der Waals surface area contributed by atoms with E-state index in [-0.39, 0.29) is 0 Å². The van der Waals surface area contributed by atoms with Gasteiger partial charge < -0.3 is 19.1 Å². The Hall–Kier alpha value is -2.38. The Morgan fingerprint density at radius 3 is 2.37 bits per heavy atom. The first-order valence-corrected chi connectivity index (χ1v) is 10.7. The van der Waals surface area contributed by atoms with E-state index in [9.17, 15) is 0 Å². The van der Waals surface area contributed by atoms with Gasteiger partial charge in [0.05, 0.1) is 38.7 Å². The molecular weight excluding hydrogens is 380 g/mol. The summed E-state index contributed by atoms with van der Waals surface area (Å²) in [6.45, 7) is 10.1. The summed E-state index contributed by atoms with van der Waals surface area (Å²) in [5.41, 5.74) is 3.53. The molecule has 7 nitrogen and oxygen atoms in total. The number of fused-ring (bicyclic) bond motifs is 1. The molecule has 0 unspecified atom stereocenters. The highest BCUT2D eigenvalue weighted by Gasteiger charge is 2.27. The lowest BCUT2D eigenvalue weighted by Gasteiger charge is -2.34. The molecule has 0 spiro atoms. The van der Waals surface area contributed by atoms with Gasteiger partial charge in [-0.3, -0.25) is 4.90 Å². The molecule has 0 N–H and O–H groups in total. The van der Waals surface area contributed by atoms with Crippen LogP contribution < -0.4 is 14.4 Å². The summed E-state index contributed by atoms with van der Waals surface area (Å²) in [7, 11) is 3.42. The Morgan fingerprint density at radius 1 is 1.03 bits per heavy atom. The van der Waals surface area contributed by atoms with Crippen LogP contribution in [0.1, 0.15) is 42.4 Å². The predicted octanol–water partition coefficient (Wildman–Crippen LogP) is 3.01. The van der Waals surface area contributed by atoms with Gasteiger partial charge in [0.25, 0.3) is 0 Å². The third-order valence-corrected chi connectivity index (χ3v) is 5.88. The molecule has 1 aromatic carbocycles. The minimum atomic E-state index is 0.291. The molecule has 4 rings (SSSR count). The molecule has 0 aliphatic carbocycles. The van der Waals surface area contributed by atoms with Crippen molar-refractivity contribution in [3.05, 3.63) is 40.8 Å². The van der Waals surface area contributed by atoms with E-state index in [2.05, 4.69) is 23.6 Å². The summed E-state index contributed by atoms with van der Waals surface area (Å²) >= 11 is 0. The maximum absolute atomic E-state index is 5.60. The lowest BCUT2D eigenvalue weighted by atomic mass is 10.0. The van der Waals surface area contributed by atoms with Crippen LogP contribution in [-0.4, -0.2) is 61.9 Å². The molecule has 0 amide bonds. The predicted molar refractivity (Wildman–Crippen MR) is 117 cm³/mol. The van der Waals surface area contributed by atoms with Gasteiger partial charge in [0.15, 0.2) is 0 Å². The Labute approximate surface area is 179 Å². The number of aromatic nitrogens is 2. The van der Waals surface area contributed by atoms with Gasteiger partial charge in [0.2, 0.25) is 0 Å². The van der Waals surface area contributed by atoms with Crippen molar-refractivity contribution in [2.75, 3.05) is 52.0 Å². The van der Waals surface area contributed by atoms with Gasteiger partial charge in [-0.2, -0.15) is 0 Å². The zero-order valence-electron chi connectivity index (χ0n) is 18.5. The van der Waals surface area contributed by atoms with Gasteiger partial charge in [-0.05, 0) is 18.6 Å². The summed E-state index contributed by atoms with van der Waals surface area (Å²) in [6.07, 6.45) is 0.942. The van der Waals surface area contributed by atoms with Crippen molar-refractivity contribution in [2.45, 2.75) is 39.3 Å². The molecule has 0 atom stereocenters. The van der Waals surface area contributed by atoms with E-state index in [4.69, 9.17) is 24.2 Å². The summed E-state index contributed by atoms with van der Waals surface area (Å²) in [5, 5.41) is 0. The Balaban J connectivity index is 1.63. The fourth-order valence-corrected chi connectivity index (χ4v) is 4.22. The largest absolute Gasteiger partial charge is 0.496 e. The quantitative estimate of drug-likeness (QED) is 0.723. The fraction of sp³-hybridized carbons (Fsp3) is 0.565. The third kappa shape index (κ3) is 4.23. The summed E-state index contributed by atoms with van der Waals surface area (Å²) in [6, 6.07) is 5.94. The molecule has 0 saturated carbocycles. The van der Waals surface area contributed by atoms with Crippen molar-refractivity contribution in [1.29, 1.82) is 0 Å². The molecule has 2 aliphatic rings. The number of rotatable bonds is 6. The van der Waals surface area contributed by atoms with Crippen LogP contribution in [0.2, 0.25) is 0 Å². The highest BCUT2D eigenvalue weighted by Crippen LogP contribution is 2.33. The molecule has 30 heavy (non-hydrogen) atoms. The van der Waals surface area contributed by atoms with E-state index in [1.54, 1.807) is 14.2 Å². The summed E-state index contributed by atoms with van der Waals surface area (Å²) < 4.78 is 16.7. The van der Waals surface area contributed by atoms with Crippen molar-refractivity contribution >= 4 is 5.82 Å². The van der Waals surface area contributed by atoms with Crippen LogP contribution >= 0.6 is 0 Å². The van der Waals surface area contributed by atoms with Crippen molar-refractivity contribution in [1.82, 2.24) is 14.9 Å². The van der Waals surface area contributed by atoms with E-state index < -0.39 is 0 Å². The number of hydrogen-bond donors (Lipinski definition) is 0. The average molecular weight is 413 g/mol. The van der Waals surface area contributed by atoms with Crippen LogP contribution in [0, 0.1) is 0 Å². The summed E-state index contributed by atoms with van der Waals surface area (Å²) in [4.78, 5) is 14.7. The van der Waals surface area contributed by atoms with Crippen molar-refractivity contribution in [3.8, 4) is 11.5 Å². The molecular formula is C23H32N4O3. The van der Waals surface area contributed by atoms with Crippen LogP contribution in [0.3, 0.4) is 0 Å². The molecule has 162 valence electrons. The average Bonchev–Trinajstić information content (AvgIpc) is 2.78. The Bertz CT molecular complexity index is 859. The van der Waals surface area contributed by atoms with Crippen molar-refractivity contribution in [3.63, 3.8) is 0 Å². The maximum Gasteiger partial charge on any atom is 0.136 e. The Kier molecular flexibility index (Phi) is 6.39. The van der Waals surface area contributed by atoms with Gasteiger partial charge in [-0.25, -0.2) is 9.97 Å². The van der Waals surface area contributed by atoms with Gasteiger partial charge in [0.1, 0.15) is 23.1 Å². The maximum atomic E-state index is 5.60. The van der Waals surface area contributed by atoms with Gasteiger partial charge in [-0.1, -0.05) is 19.9 Å². The first kappa shape index (κ1) is 20.9. The fourth-order valence-electron chi connectivity index (χ4n) is 4.22. The SMILES string of the molecule is COc1cccc(OC)c1CN1CCc2c(nc(C(C)C)nc2N2CCOCC2)C1. The molecule has 1 fully saturated rings. The third-order valence-electron chi connectivity index (χ3n) is 5.88. The number of anilines is 1. The first-order chi connectivity index (χ1) is 14.6. The smallest absolute Gasteiger partial charge is 0.136 e. The molecule has 1 saturated heterocycles. The van der Waals surface area contributed by atoms with Crippen LogP contribution in [0.4, 0.5) is 5.82 Å². The number of nitrogens with zero attached hydrogens (tertiary/aromatic N) is 4. The minimum absolute atomic E-state index is 0.291. The van der Waals surface area contributed by atoms with Crippen molar-refractivity contribution < 1.29 is 14.2 Å². The van der Waals surface area contributed by atoms with E-state index in [1.165, 1.54) is 5.56 Å². The normalized spacial score (nSPS) is 17.2. The number of hydrogen-bond acceptors (Lipinski definition) is 7. The second kappa shape index (κ2) is 9.18. The topological polar surface area (TPSA) is 60.0 Å². The standard InChI is InChI=1S/C23H32N4O3/c1-16(2)22-24-19-15-26(14-18-20(28-3)6-5-7-21(18)29-4)9-8-17(19)23(25-22)27-10-12-30-13-11-27/h5-7,16H,8-15H2,1-4H3. The zero-order chi connectivity index (χ0) is 21.1. The number of methoxy groups -OCH3 is 2. The highest BCUT2D eigenvalue weighted by atomic mass is 16.5. The van der Waals surface area contributed by atoms with Gasteiger partial charge in [0, 0.05) is 44.2 Å². The van der Waals surface area contributed by atoms with E-state index in [0.717, 1.165) is 86.8 Å². The van der Waals surface area contributed by atoms with Crippen LogP contribution in [0.15, 0.2) is 18.2 Å². The molecule has 0 bridgehead atoms. The molecule has 7 heteroatoms. The molecule has 2 aromatic rings. The molecule has 2 aliphatic heterocycles. The lowest BCUT2D eigenvalue weighted by molar-refractivity contribution is 0.122. The highest BCUT2D eigenvalue weighted by molar-refractivity contribution is 5.51. The van der Waals surface area contributed by atoms with Gasteiger partial charge >= 0.3 is 0 Å². The Morgan fingerprint density at radius 2 is 1.73 bits per heavy atom. The molecule has 0 radical (unpaired) electrons. The minimum Gasteiger partial charge on any atom is -0.496 e. The number of morpholine rings is 1. The second-order valence-corrected chi connectivity index (χ2v) is 8.19. The van der Waals surface area contributed by atoms with E-state index in [1.807, 2.05) is 18.2 Å². The monoisotopic (exact) mass is 412 g/mol.